The molecule has 1 nitrogen and oxygen atoms in total. The SMILES string of the molecule is CCC(C)OP. The molecule has 0 aliphatic heterocycles. The van der Waals surface area contributed by atoms with Crippen molar-refractivity contribution in [3.63, 3.8) is 0 Å². The molecule has 0 aliphatic rings. The van der Waals surface area contributed by atoms with Gasteiger partial charge in [-0.05, 0) is 13.3 Å². The summed E-state index contributed by atoms with van der Waals surface area (Å²) in [4.78, 5) is 0. The van der Waals surface area contributed by atoms with Crippen molar-refractivity contribution in [2.75, 3.05) is 0 Å². The summed E-state index contributed by atoms with van der Waals surface area (Å²) in [6.07, 6.45) is 1.48. The van der Waals surface area contributed by atoms with E-state index in [1.807, 2.05) is 6.92 Å². The van der Waals surface area contributed by atoms with Gasteiger partial charge in [0.05, 0.1) is 6.10 Å². The fourth-order valence-electron chi connectivity index (χ4n) is 0.0962. The molecule has 0 aromatic heterocycles. The number of rotatable bonds is 2. The Kier molecular flexibility index (Phi) is 3.81. The molecule has 6 heavy (non-hydrogen) atoms. The Hall–Kier alpha value is 0.390. The van der Waals surface area contributed by atoms with Crippen molar-refractivity contribution in [1.82, 2.24) is 0 Å². The molecule has 0 amide bonds. The molecule has 0 aliphatic carbocycles. The van der Waals surface area contributed by atoms with Crippen LogP contribution in [-0.4, -0.2) is 6.10 Å². The van der Waals surface area contributed by atoms with Gasteiger partial charge in [0.25, 0.3) is 0 Å². The van der Waals surface area contributed by atoms with Crippen LogP contribution in [0.25, 0.3) is 0 Å². The Morgan fingerprint density at radius 3 is 2.33 bits per heavy atom. The Labute approximate surface area is 41.4 Å². The molecule has 0 rings (SSSR count). The van der Waals surface area contributed by atoms with Gasteiger partial charge in [-0.25, -0.2) is 0 Å². The lowest BCUT2D eigenvalue weighted by Gasteiger charge is -2.01. The molecule has 0 N–H and O–H groups in total. The number of hydrogen-bond donors (Lipinski definition) is 0. The predicted octanol–water partition coefficient (Wildman–Crippen LogP) is 1.59. The van der Waals surface area contributed by atoms with Crippen LogP contribution >= 0.6 is 9.47 Å². The van der Waals surface area contributed by atoms with Gasteiger partial charge in [0.15, 0.2) is 0 Å². The zero-order chi connectivity index (χ0) is 4.99. The highest BCUT2D eigenvalue weighted by atomic mass is 31.0. The summed E-state index contributed by atoms with van der Waals surface area (Å²) >= 11 is 0. The smallest absolute Gasteiger partial charge is 0.0580 e. The molecule has 2 unspecified atom stereocenters. The van der Waals surface area contributed by atoms with Crippen LogP contribution < -0.4 is 0 Å². The first-order valence-electron chi connectivity index (χ1n) is 2.16. The van der Waals surface area contributed by atoms with Gasteiger partial charge in [-0.1, -0.05) is 6.92 Å². The maximum absolute atomic E-state index is 4.82. The van der Waals surface area contributed by atoms with Crippen molar-refractivity contribution in [1.29, 1.82) is 0 Å². The van der Waals surface area contributed by atoms with Gasteiger partial charge in [-0.3, -0.25) is 0 Å². The molecule has 38 valence electrons. The second-order valence-corrected chi connectivity index (χ2v) is 1.63. The van der Waals surface area contributed by atoms with Gasteiger partial charge >= 0.3 is 0 Å². The van der Waals surface area contributed by atoms with Crippen molar-refractivity contribution in [3.05, 3.63) is 0 Å². The zero-order valence-electron chi connectivity index (χ0n) is 4.27. The molecule has 0 bridgehead atoms. The van der Waals surface area contributed by atoms with Gasteiger partial charge in [0, 0.05) is 9.47 Å². The van der Waals surface area contributed by atoms with E-state index in [2.05, 4.69) is 16.4 Å². The van der Waals surface area contributed by atoms with Gasteiger partial charge in [0.1, 0.15) is 0 Å². The summed E-state index contributed by atoms with van der Waals surface area (Å²) in [6.45, 7) is 4.13. The molecule has 0 aromatic rings. The molecule has 2 atom stereocenters. The minimum Gasteiger partial charge on any atom is -0.363 e. The van der Waals surface area contributed by atoms with E-state index in [0.717, 1.165) is 6.42 Å². The van der Waals surface area contributed by atoms with Gasteiger partial charge in [0.2, 0.25) is 0 Å². The van der Waals surface area contributed by atoms with E-state index in [1.165, 1.54) is 0 Å². The van der Waals surface area contributed by atoms with E-state index in [4.69, 9.17) is 4.52 Å². The van der Waals surface area contributed by atoms with Crippen LogP contribution in [0.15, 0.2) is 0 Å². The third kappa shape index (κ3) is 2.62. The van der Waals surface area contributed by atoms with Gasteiger partial charge < -0.3 is 4.52 Å². The van der Waals surface area contributed by atoms with Gasteiger partial charge in [-0.15, -0.1) is 0 Å². The highest BCUT2D eigenvalue weighted by Gasteiger charge is 1.88. The standard InChI is InChI=1S/C4H11OP/c1-3-4(2)5-6/h4H,3,6H2,1-2H3. The lowest BCUT2D eigenvalue weighted by molar-refractivity contribution is 0.257. The third-order valence-electron chi connectivity index (χ3n) is 0.807. The lowest BCUT2D eigenvalue weighted by atomic mass is 10.3. The fraction of sp³-hybridized carbons (Fsp3) is 1.00. The molecule has 0 saturated heterocycles. The molecule has 0 spiro atoms. The molecule has 0 saturated carbocycles. The van der Waals surface area contributed by atoms with Crippen molar-refractivity contribution in [2.24, 2.45) is 0 Å². The van der Waals surface area contributed by atoms with E-state index >= 15 is 0 Å². The monoisotopic (exact) mass is 106 g/mol. The maximum Gasteiger partial charge on any atom is 0.0580 e. The highest BCUT2D eigenvalue weighted by molar-refractivity contribution is 7.09. The second-order valence-electron chi connectivity index (χ2n) is 1.35. The third-order valence-corrected chi connectivity index (χ3v) is 1.27. The summed E-state index contributed by atoms with van der Waals surface area (Å²) in [6, 6.07) is 0. The molecule has 0 aromatic carbocycles. The van der Waals surface area contributed by atoms with Crippen molar-refractivity contribution in [3.8, 4) is 0 Å². The average Bonchev–Trinajstić information content (AvgIpc) is 1.65. The van der Waals surface area contributed by atoms with Crippen LogP contribution in [-0.2, 0) is 4.52 Å². The fourth-order valence-corrected chi connectivity index (χ4v) is 0.289. The summed E-state index contributed by atoms with van der Waals surface area (Å²) in [5.74, 6) is 0. The molecule has 0 radical (unpaired) electrons. The van der Waals surface area contributed by atoms with Crippen LogP contribution in [0.2, 0.25) is 0 Å². The van der Waals surface area contributed by atoms with E-state index in [9.17, 15) is 0 Å². The Bertz CT molecular complexity index is 26.7. The maximum atomic E-state index is 4.82. The Morgan fingerprint density at radius 1 is 1.83 bits per heavy atom. The molecule has 0 heterocycles. The van der Waals surface area contributed by atoms with Crippen molar-refractivity contribution in [2.45, 2.75) is 26.4 Å². The number of hydrogen-bond acceptors (Lipinski definition) is 1. The summed E-state index contributed by atoms with van der Waals surface area (Å²) in [7, 11) is 2.24. The minimum atomic E-state index is 0.398. The van der Waals surface area contributed by atoms with Crippen LogP contribution in [0.5, 0.6) is 0 Å². The largest absolute Gasteiger partial charge is 0.363 e. The molecule has 2 heteroatoms. The first-order valence-corrected chi connectivity index (χ1v) is 2.64. The second kappa shape index (κ2) is 3.58. The Morgan fingerprint density at radius 2 is 2.33 bits per heavy atom. The van der Waals surface area contributed by atoms with Crippen molar-refractivity contribution < 1.29 is 4.52 Å². The summed E-state index contributed by atoms with van der Waals surface area (Å²) in [5, 5.41) is 0. The van der Waals surface area contributed by atoms with E-state index in [0.29, 0.717) is 6.10 Å². The summed E-state index contributed by atoms with van der Waals surface area (Å²) in [5.41, 5.74) is 0. The highest BCUT2D eigenvalue weighted by Crippen LogP contribution is 1.98. The van der Waals surface area contributed by atoms with E-state index < -0.39 is 0 Å². The van der Waals surface area contributed by atoms with Gasteiger partial charge in [-0.2, -0.15) is 0 Å². The predicted molar refractivity (Wildman–Crippen MR) is 30.5 cm³/mol. The van der Waals surface area contributed by atoms with E-state index in [-0.39, 0.29) is 0 Å². The van der Waals surface area contributed by atoms with Crippen molar-refractivity contribution >= 4 is 9.47 Å². The summed E-state index contributed by atoms with van der Waals surface area (Å²) < 4.78 is 4.82. The lowest BCUT2D eigenvalue weighted by Crippen LogP contribution is -1.95. The Balaban J connectivity index is 2.75. The zero-order valence-corrected chi connectivity index (χ0v) is 5.42. The normalized spacial score (nSPS) is 14.5. The molecular formula is C4H11OP. The van der Waals surface area contributed by atoms with Crippen LogP contribution in [0, 0.1) is 0 Å². The van der Waals surface area contributed by atoms with Crippen LogP contribution in [0.3, 0.4) is 0 Å². The van der Waals surface area contributed by atoms with Crippen LogP contribution in [0.1, 0.15) is 20.3 Å². The first-order chi connectivity index (χ1) is 2.81. The minimum absolute atomic E-state index is 0.398. The van der Waals surface area contributed by atoms with E-state index in [1.54, 1.807) is 0 Å². The molecule has 0 fully saturated rings. The van der Waals surface area contributed by atoms with Crippen LogP contribution in [0.4, 0.5) is 0 Å². The topological polar surface area (TPSA) is 9.23 Å². The quantitative estimate of drug-likeness (QED) is 0.486. The molecular weight excluding hydrogens is 95.0 g/mol. The first kappa shape index (κ1) is 6.39. The average molecular weight is 106 g/mol.